The van der Waals surface area contributed by atoms with Crippen LogP contribution in [0.5, 0.6) is 0 Å². The van der Waals surface area contributed by atoms with Crippen LogP contribution in [0.4, 0.5) is 5.82 Å². The third kappa shape index (κ3) is 5.50. The van der Waals surface area contributed by atoms with Gasteiger partial charge in [-0.15, -0.1) is 37.2 Å². The Hall–Kier alpha value is -0.220. The van der Waals surface area contributed by atoms with Crippen LogP contribution in [0.1, 0.15) is 5.56 Å². The largest absolute Gasteiger partial charge is 0.363 e. The second kappa shape index (κ2) is 9.34. The molecular formula is C8H16Cl3N3. The van der Waals surface area contributed by atoms with E-state index in [1.165, 1.54) is 0 Å². The average molecular weight is 261 g/mol. The fourth-order valence-electron chi connectivity index (χ4n) is 0.802. The van der Waals surface area contributed by atoms with Crippen molar-refractivity contribution < 1.29 is 0 Å². The molecule has 0 bridgehead atoms. The first-order valence-electron chi connectivity index (χ1n) is 3.56. The number of anilines is 1. The van der Waals surface area contributed by atoms with Crippen LogP contribution in [0, 0.1) is 0 Å². The van der Waals surface area contributed by atoms with Crippen molar-refractivity contribution in [2.24, 2.45) is 5.73 Å². The summed E-state index contributed by atoms with van der Waals surface area (Å²) in [5.41, 5.74) is 6.49. The van der Waals surface area contributed by atoms with E-state index in [-0.39, 0.29) is 37.2 Å². The summed E-state index contributed by atoms with van der Waals surface area (Å²) in [7, 11) is 3.93. The molecule has 0 radical (unpaired) electrons. The summed E-state index contributed by atoms with van der Waals surface area (Å²) in [5, 5.41) is 0. The number of hydrogen-bond acceptors (Lipinski definition) is 3. The molecule has 1 aromatic rings. The zero-order valence-electron chi connectivity index (χ0n) is 8.14. The first-order chi connectivity index (χ1) is 5.24. The topological polar surface area (TPSA) is 42.1 Å². The smallest absolute Gasteiger partial charge is 0.127 e. The Kier molecular flexibility index (Phi) is 12.9. The Bertz CT molecular complexity index is 226. The Morgan fingerprint density at radius 1 is 1.21 bits per heavy atom. The highest BCUT2D eigenvalue weighted by Crippen LogP contribution is 2.06. The molecule has 0 atom stereocenters. The quantitative estimate of drug-likeness (QED) is 0.883. The summed E-state index contributed by atoms with van der Waals surface area (Å²) in [5.74, 6) is 0.960. The van der Waals surface area contributed by atoms with Crippen LogP contribution in [0.25, 0.3) is 0 Å². The molecule has 0 fully saturated rings. The number of aromatic nitrogens is 1. The van der Waals surface area contributed by atoms with E-state index in [2.05, 4.69) is 4.98 Å². The van der Waals surface area contributed by atoms with Gasteiger partial charge in [0.15, 0.2) is 0 Å². The van der Waals surface area contributed by atoms with Crippen LogP contribution >= 0.6 is 37.2 Å². The molecule has 0 unspecified atom stereocenters. The number of hydrogen-bond donors (Lipinski definition) is 1. The zero-order valence-corrected chi connectivity index (χ0v) is 10.6. The molecular weight excluding hydrogens is 244 g/mol. The molecule has 0 saturated carbocycles. The number of halogens is 3. The fraction of sp³-hybridized carbons (Fsp3) is 0.375. The van der Waals surface area contributed by atoms with Gasteiger partial charge in [0.05, 0.1) is 0 Å². The van der Waals surface area contributed by atoms with Crippen LogP contribution in [0.3, 0.4) is 0 Å². The third-order valence-corrected chi connectivity index (χ3v) is 1.50. The molecule has 14 heavy (non-hydrogen) atoms. The number of nitrogens with zero attached hydrogens (tertiary/aromatic N) is 2. The summed E-state index contributed by atoms with van der Waals surface area (Å²) in [4.78, 5) is 6.15. The minimum absolute atomic E-state index is 0. The third-order valence-electron chi connectivity index (χ3n) is 1.50. The van der Waals surface area contributed by atoms with Crippen LogP contribution in [-0.2, 0) is 6.54 Å². The summed E-state index contributed by atoms with van der Waals surface area (Å²) in [6.45, 7) is 0.556. The van der Waals surface area contributed by atoms with Gasteiger partial charge >= 0.3 is 0 Å². The van der Waals surface area contributed by atoms with Crippen molar-refractivity contribution >= 4 is 43.0 Å². The lowest BCUT2D eigenvalue weighted by Gasteiger charge is -2.10. The molecule has 0 spiro atoms. The predicted octanol–water partition coefficient (Wildman–Crippen LogP) is 1.87. The summed E-state index contributed by atoms with van der Waals surface area (Å²) < 4.78 is 0. The van der Waals surface area contributed by atoms with Gasteiger partial charge in [-0.2, -0.15) is 0 Å². The summed E-state index contributed by atoms with van der Waals surface area (Å²) >= 11 is 0. The lowest BCUT2D eigenvalue weighted by Crippen LogP contribution is -2.10. The Labute approximate surface area is 103 Å². The zero-order chi connectivity index (χ0) is 8.27. The molecule has 2 N–H and O–H groups in total. The van der Waals surface area contributed by atoms with Crippen molar-refractivity contribution in [2.45, 2.75) is 6.54 Å². The van der Waals surface area contributed by atoms with E-state index in [0.29, 0.717) is 6.54 Å². The van der Waals surface area contributed by atoms with E-state index in [1.54, 1.807) is 6.20 Å². The van der Waals surface area contributed by atoms with Gasteiger partial charge in [-0.1, -0.05) is 6.07 Å². The summed E-state index contributed by atoms with van der Waals surface area (Å²) in [6.07, 6.45) is 1.80. The number of pyridine rings is 1. The van der Waals surface area contributed by atoms with Crippen LogP contribution < -0.4 is 10.6 Å². The monoisotopic (exact) mass is 259 g/mol. The lowest BCUT2D eigenvalue weighted by molar-refractivity contribution is 1.02. The van der Waals surface area contributed by atoms with E-state index in [1.807, 2.05) is 31.1 Å². The number of rotatable bonds is 2. The Balaban J connectivity index is -0.000000403. The average Bonchev–Trinajstić information content (AvgIpc) is 2.05. The molecule has 1 aromatic heterocycles. The normalized spacial score (nSPS) is 7.64. The fourth-order valence-corrected chi connectivity index (χ4v) is 0.802. The maximum Gasteiger partial charge on any atom is 0.127 e. The SMILES string of the molecule is CN(C)c1ccc(CN)cn1.Cl.Cl.Cl. The van der Waals surface area contributed by atoms with Gasteiger partial charge in [0, 0.05) is 26.8 Å². The van der Waals surface area contributed by atoms with Gasteiger partial charge in [0.1, 0.15) is 5.82 Å². The van der Waals surface area contributed by atoms with Crippen molar-refractivity contribution in [1.29, 1.82) is 0 Å². The highest BCUT2D eigenvalue weighted by molar-refractivity contribution is 5.86. The van der Waals surface area contributed by atoms with Gasteiger partial charge in [-0.25, -0.2) is 4.98 Å². The summed E-state index contributed by atoms with van der Waals surface area (Å²) in [6, 6.07) is 3.95. The maximum absolute atomic E-state index is 5.42. The second-order valence-corrected chi connectivity index (χ2v) is 2.62. The minimum atomic E-state index is 0. The molecule has 6 heteroatoms. The van der Waals surface area contributed by atoms with E-state index in [0.717, 1.165) is 11.4 Å². The van der Waals surface area contributed by atoms with Crippen molar-refractivity contribution in [3.63, 3.8) is 0 Å². The van der Waals surface area contributed by atoms with Crippen LogP contribution in [-0.4, -0.2) is 19.1 Å². The highest BCUT2D eigenvalue weighted by Gasteiger charge is 1.94. The standard InChI is InChI=1S/C8H13N3.3ClH/c1-11(2)8-4-3-7(5-9)6-10-8;;;/h3-4,6H,5,9H2,1-2H3;3*1H. The maximum atomic E-state index is 5.42. The predicted molar refractivity (Wildman–Crippen MR) is 68.2 cm³/mol. The number of nitrogens with two attached hydrogens (primary N) is 1. The molecule has 1 rings (SSSR count). The lowest BCUT2D eigenvalue weighted by atomic mass is 10.3. The molecule has 84 valence electrons. The Morgan fingerprint density at radius 2 is 1.79 bits per heavy atom. The molecule has 0 saturated heterocycles. The minimum Gasteiger partial charge on any atom is -0.363 e. The van der Waals surface area contributed by atoms with E-state index in [9.17, 15) is 0 Å². The molecule has 0 aliphatic carbocycles. The molecule has 1 heterocycles. The van der Waals surface area contributed by atoms with Gasteiger partial charge < -0.3 is 10.6 Å². The second-order valence-electron chi connectivity index (χ2n) is 2.62. The van der Waals surface area contributed by atoms with E-state index in [4.69, 9.17) is 5.73 Å². The molecule has 0 aliphatic heterocycles. The first-order valence-corrected chi connectivity index (χ1v) is 3.56. The van der Waals surface area contributed by atoms with Gasteiger partial charge in [0.2, 0.25) is 0 Å². The Morgan fingerprint density at radius 3 is 2.07 bits per heavy atom. The van der Waals surface area contributed by atoms with Crippen molar-refractivity contribution in [2.75, 3.05) is 19.0 Å². The van der Waals surface area contributed by atoms with Crippen LogP contribution in [0.2, 0.25) is 0 Å². The van der Waals surface area contributed by atoms with E-state index < -0.39 is 0 Å². The first kappa shape index (κ1) is 19.4. The van der Waals surface area contributed by atoms with Gasteiger partial charge in [-0.05, 0) is 11.6 Å². The molecule has 0 amide bonds. The highest BCUT2D eigenvalue weighted by atomic mass is 35.5. The van der Waals surface area contributed by atoms with E-state index >= 15 is 0 Å². The van der Waals surface area contributed by atoms with Gasteiger partial charge in [-0.3, -0.25) is 0 Å². The van der Waals surface area contributed by atoms with Crippen LogP contribution in [0.15, 0.2) is 18.3 Å². The molecule has 3 nitrogen and oxygen atoms in total. The molecule has 0 aromatic carbocycles. The van der Waals surface area contributed by atoms with Gasteiger partial charge in [0.25, 0.3) is 0 Å². The molecule has 0 aliphatic rings. The van der Waals surface area contributed by atoms with Crippen molar-refractivity contribution in [3.8, 4) is 0 Å². The van der Waals surface area contributed by atoms with Crippen molar-refractivity contribution in [3.05, 3.63) is 23.9 Å². The van der Waals surface area contributed by atoms with Crippen molar-refractivity contribution in [1.82, 2.24) is 4.98 Å².